The predicted octanol–water partition coefficient (Wildman–Crippen LogP) is 19.7. The lowest BCUT2D eigenvalue weighted by Gasteiger charge is -2.18. The van der Waals surface area contributed by atoms with Crippen LogP contribution in [0.15, 0.2) is 36.5 Å². The third-order valence-corrected chi connectivity index (χ3v) is 13.2. The number of rotatable bonds is 54. The Bertz CT molecular complexity index is 1130. The van der Waals surface area contributed by atoms with Crippen molar-refractivity contribution in [2.24, 2.45) is 0 Å². The lowest BCUT2D eigenvalue weighted by atomic mass is 10.0. The summed E-state index contributed by atoms with van der Waals surface area (Å²) in [5.74, 6) is -0.886. The van der Waals surface area contributed by atoms with Crippen molar-refractivity contribution in [2.45, 2.75) is 322 Å². The molecule has 6 heteroatoms. The molecule has 67 heavy (non-hydrogen) atoms. The third kappa shape index (κ3) is 54.4. The summed E-state index contributed by atoms with van der Waals surface area (Å²) in [6.45, 7) is 6.55. The molecule has 0 aliphatic heterocycles. The molecule has 0 aromatic rings. The highest BCUT2D eigenvalue weighted by Crippen LogP contribution is 2.17. The van der Waals surface area contributed by atoms with Gasteiger partial charge in [0.15, 0.2) is 6.10 Å². The molecule has 1 unspecified atom stereocenters. The third-order valence-electron chi connectivity index (χ3n) is 13.2. The van der Waals surface area contributed by atoms with Crippen LogP contribution in [0.25, 0.3) is 0 Å². The maximum Gasteiger partial charge on any atom is 0.306 e. The summed E-state index contributed by atoms with van der Waals surface area (Å²) in [4.78, 5) is 38.1. The van der Waals surface area contributed by atoms with Gasteiger partial charge in [-0.3, -0.25) is 14.4 Å². The summed E-state index contributed by atoms with van der Waals surface area (Å²) < 4.78 is 16.9. The monoisotopic (exact) mass is 941 g/mol. The van der Waals surface area contributed by atoms with E-state index in [1.54, 1.807) is 0 Å². The molecule has 0 radical (unpaired) electrons. The summed E-state index contributed by atoms with van der Waals surface area (Å²) in [5, 5.41) is 0. The molecular weight excluding hydrogens is 829 g/mol. The van der Waals surface area contributed by atoms with E-state index in [1.165, 1.54) is 193 Å². The Hall–Kier alpha value is -2.37. The summed E-state index contributed by atoms with van der Waals surface area (Å²) in [7, 11) is 0. The summed E-state index contributed by atoms with van der Waals surface area (Å²) >= 11 is 0. The van der Waals surface area contributed by atoms with Gasteiger partial charge >= 0.3 is 17.9 Å². The Morgan fingerprint density at radius 3 is 0.910 bits per heavy atom. The quantitative estimate of drug-likeness (QED) is 0.0262. The van der Waals surface area contributed by atoms with E-state index < -0.39 is 6.10 Å². The summed E-state index contributed by atoms with van der Waals surface area (Å²) in [6, 6.07) is 0. The van der Waals surface area contributed by atoms with Crippen LogP contribution in [0.2, 0.25) is 0 Å². The Morgan fingerprint density at radius 2 is 0.582 bits per heavy atom. The average Bonchev–Trinajstić information content (AvgIpc) is 3.33. The summed E-state index contributed by atoms with van der Waals surface area (Å²) in [6.07, 6.45) is 67.2. The van der Waals surface area contributed by atoms with Gasteiger partial charge in [0.2, 0.25) is 0 Å². The lowest BCUT2D eigenvalue weighted by molar-refractivity contribution is -0.167. The number of ether oxygens (including phenoxy) is 3. The molecule has 1 atom stereocenters. The molecule has 0 amide bonds. The van der Waals surface area contributed by atoms with Crippen molar-refractivity contribution in [2.75, 3.05) is 13.2 Å². The second-order valence-electron chi connectivity index (χ2n) is 19.9. The second-order valence-corrected chi connectivity index (χ2v) is 19.9. The second kappa shape index (κ2) is 56.2. The fourth-order valence-electron chi connectivity index (χ4n) is 8.75. The van der Waals surface area contributed by atoms with Crippen LogP contribution < -0.4 is 0 Å². The Kier molecular flexibility index (Phi) is 54.2. The first kappa shape index (κ1) is 64.6. The van der Waals surface area contributed by atoms with Crippen LogP contribution >= 0.6 is 0 Å². The van der Waals surface area contributed by atoms with E-state index in [1.807, 2.05) is 0 Å². The van der Waals surface area contributed by atoms with E-state index in [0.717, 1.165) is 83.5 Å². The number of allylic oxidation sites excluding steroid dienone is 6. The first-order valence-electron chi connectivity index (χ1n) is 29.5. The van der Waals surface area contributed by atoms with Gasteiger partial charge in [0, 0.05) is 19.3 Å². The molecule has 0 N–H and O–H groups in total. The Morgan fingerprint density at radius 1 is 0.313 bits per heavy atom. The molecule has 0 saturated carbocycles. The van der Waals surface area contributed by atoms with E-state index in [4.69, 9.17) is 14.2 Å². The van der Waals surface area contributed by atoms with Gasteiger partial charge in [-0.15, -0.1) is 0 Å². The Labute approximate surface area is 416 Å². The molecule has 6 nitrogen and oxygen atoms in total. The zero-order valence-electron chi connectivity index (χ0n) is 44.9. The largest absolute Gasteiger partial charge is 0.462 e. The van der Waals surface area contributed by atoms with E-state index in [9.17, 15) is 14.4 Å². The molecule has 0 bridgehead atoms. The molecule has 0 rings (SSSR count). The SMILES string of the molecule is CC/C=C\C/C=C\C/C=C\CCCCCC(=O)OCC(COC(=O)CCCCCCCCCCCCCCCCCCCCC)OC(=O)CCCCCCCCCCCCCCCCCCC. The van der Waals surface area contributed by atoms with E-state index >= 15 is 0 Å². The van der Waals surface area contributed by atoms with Crippen LogP contribution in [0, 0.1) is 0 Å². The summed E-state index contributed by atoms with van der Waals surface area (Å²) in [5.41, 5.74) is 0. The highest BCUT2D eigenvalue weighted by Gasteiger charge is 2.19. The highest BCUT2D eigenvalue weighted by atomic mass is 16.6. The van der Waals surface area contributed by atoms with E-state index in [2.05, 4.69) is 57.2 Å². The predicted molar refractivity (Wildman–Crippen MR) is 289 cm³/mol. The number of esters is 3. The van der Waals surface area contributed by atoms with E-state index in [-0.39, 0.29) is 31.1 Å². The van der Waals surface area contributed by atoms with Crippen molar-refractivity contribution in [3.05, 3.63) is 36.5 Å². The minimum atomic E-state index is -0.779. The van der Waals surface area contributed by atoms with Crippen molar-refractivity contribution in [3.8, 4) is 0 Å². The molecule has 0 aliphatic rings. The minimum absolute atomic E-state index is 0.0764. The molecule has 0 aromatic carbocycles. The normalized spacial score (nSPS) is 12.2. The average molecular weight is 942 g/mol. The molecule has 0 aromatic heterocycles. The van der Waals surface area contributed by atoms with Gasteiger partial charge in [-0.05, 0) is 51.4 Å². The zero-order chi connectivity index (χ0) is 48.6. The standard InChI is InChI=1S/C61H112O6/c1-4-7-10-13-16-19-22-25-27-29-30-32-33-36-39-42-45-48-51-54-60(63)66-57-58(56-65-59(62)53-50-47-44-41-38-35-24-21-18-15-12-9-6-3)67-61(64)55-52-49-46-43-40-37-34-31-28-26-23-20-17-14-11-8-5-2/h9,12,18,21,35,38,58H,4-8,10-11,13-17,19-20,22-34,36-37,39-57H2,1-3H3/b12-9-,21-18-,38-35-. The number of carbonyl (C=O) groups excluding carboxylic acids is 3. The topological polar surface area (TPSA) is 78.9 Å². The molecule has 0 aliphatic carbocycles. The maximum absolute atomic E-state index is 12.9. The van der Waals surface area contributed by atoms with Gasteiger partial charge < -0.3 is 14.2 Å². The fraction of sp³-hybridized carbons (Fsp3) is 0.852. The van der Waals surface area contributed by atoms with Crippen molar-refractivity contribution >= 4 is 17.9 Å². The molecule has 0 heterocycles. The lowest BCUT2D eigenvalue weighted by Crippen LogP contribution is -2.30. The van der Waals surface area contributed by atoms with Crippen LogP contribution in [-0.4, -0.2) is 37.2 Å². The number of unbranched alkanes of at least 4 members (excludes halogenated alkanes) is 37. The molecular formula is C61H112O6. The number of hydrogen-bond acceptors (Lipinski definition) is 6. The fourth-order valence-corrected chi connectivity index (χ4v) is 8.75. The number of hydrogen-bond donors (Lipinski definition) is 0. The smallest absolute Gasteiger partial charge is 0.306 e. The van der Waals surface area contributed by atoms with E-state index in [0.29, 0.717) is 19.3 Å². The zero-order valence-corrected chi connectivity index (χ0v) is 44.9. The van der Waals surface area contributed by atoms with Gasteiger partial charge in [-0.1, -0.05) is 282 Å². The minimum Gasteiger partial charge on any atom is -0.462 e. The van der Waals surface area contributed by atoms with Gasteiger partial charge in [-0.2, -0.15) is 0 Å². The number of carbonyl (C=O) groups is 3. The highest BCUT2D eigenvalue weighted by molar-refractivity contribution is 5.71. The molecule has 0 fully saturated rings. The molecule has 0 saturated heterocycles. The van der Waals surface area contributed by atoms with Crippen molar-refractivity contribution in [3.63, 3.8) is 0 Å². The van der Waals surface area contributed by atoms with Crippen molar-refractivity contribution in [1.82, 2.24) is 0 Å². The van der Waals surface area contributed by atoms with Crippen molar-refractivity contribution < 1.29 is 28.6 Å². The maximum atomic E-state index is 12.9. The van der Waals surface area contributed by atoms with Crippen LogP contribution in [0.1, 0.15) is 316 Å². The van der Waals surface area contributed by atoms with Gasteiger partial charge in [0.1, 0.15) is 13.2 Å². The van der Waals surface area contributed by atoms with Crippen LogP contribution in [0.5, 0.6) is 0 Å². The van der Waals surface area contributed by atoms with Gasteiger partial charge in [0.25, 0.3) is 0 Å². The first-order chi connectivity index (χ1) is 33.0. The van der Waals surface area contributed by atoms with Crippen molar-refractivity contribution in [1.29, 1.82) is 0 Å². The molecule has 392 valence electrons. The van der Waals surface area contributed by atoms with Crippen LogP contribution in [0.3, 0.4) is 0 Å². The molecule has 0 spiro atoms. The van der Waals surface area contributed by atoms with Gasteiger partial charge in [-0.25, -0.2) is 0 Å². The Balaban J connectivity index is 4.32. The van der Waals surface area contributed by atoms with Crippen LogP contribution in [0.4, 0.5) is 0 Å². The van der Waals surface area contributed by atoms with Crippen LogP contribution in [-0.2, 0) is 28.6 Å². The first-order valence-corrected chi connectivity index (χ1v) is 29.5. The van der Waals surface area contributed by atoms with Gasteiger partial charge in [0.05, 0.1) is 0 Å².